The molecule has 0 radical (unpaired) electrons. The number of nitrogens with one attached hydrogen (secondary N) is 1. The highest BCUT2D eigenvalue weighted by Gasteiger charge is 2.35. The summed E-state index contributed by atoms with van der Waals surface area (Å²) in [4.78, 5) is 81.9. The maximum Gasteiger partial charge on any atom is 0.321 e. The SMILES string of the molecule is C.C1CCC1.C1CCC1.CC(=O)O.CN.CNOC(C)=O.COC(C)=O.COCCCC(=O)CC1CCCC(CC2CCCC(CCCC3CCCC(CC4CCCC(CC(=O)OCCOC)C4)C3)C2)C1.COCCCC(=O)CC1CCCC(CC2CCCC(CCCC3CCCC(CC4CCCC(CC(=O)OCCOC)C4)C3)C2)C1. The van der Waals surface area contributed by atoms with E-state index in [1.165, 1.54) is 356 Å². The van der Waals surface area contributed by atoms with Crippen molar-refractivity contribution in [1.29, 1.82) is 0 Å². The average Bonchev–Trinajstić information content (AvgIpc) is 0.879. The molecular formula is C98H182N2O16. The molecule has 10 fully saturated rings. The van der Waals surface area contributed by atoms with Crippen molar-refractivity contribution in [2.24, 2.45) is 100 Å². The van der Waals surface area contributed by atoms with Crippen LogP contribution in [0.15, 0.2) is 0 Å². The summed E-state index contributed by atoms with van der Waals surface area (Å²) in [5.74, 6) is 12.7. The largest absolute Gasteiger partial charge is 0.481 e. The lowest BCUT2D eigenvalue weighted by Gasteiger charge is -2.36. The summed E-state index contributed by atoms with van der Waals surface area (Å²) in [6, 6.07) is 0. The minimum absolute atomic E-state index is 0. The Hall–Kier alpha value is -3.55. The zero-order valence-electron chi connectivity index (χ0n) is 75.6. The van der Waals surface area contributed by atoms with Crippen molar-refractivity contribution in [3.05, 3.63) is 0 Å². The smallest absolute Gasteiger partial charge is 0.321 e. The Morgan fingerprint density at radius 2 is 0.526 bits per heavy atom. The van der Waals surface area contributed by atoms with Gasteiger partial charge in [0, 0.05) is 108 Å². The van der Waals surface area contributed by atoms with Crippen LogP contribution < -0.4 is 11.2 Å². The second-order valence-corrected chi connectivity index (χ2v) is 37.3. The number of carboxylic acids is 1. The molecule has 0 bridgehead atoms. The maximum atomic E-state index is 12.5. The van der Waals surface area contributed by atoms with E-state index < -0.39 is 5.97 Å². The Labute approximate surface area is 710 Å². The van der Waals surface area contributed by atoms with Gasteiger partial charge in [0.2, 0.25) is 0 Å². The van der Waals surface area contributed by atoms with E-state index in [1.807, 2.05) is 0 Å². The summed E-state index contributed by atoms with van der Waals surface area (Å²) < 4.78 is 35.1. The van der Waals surface area contributed by atoms with Crippen LogP contribution in [0.3, 0.4) is 0 Å². The van der Waals surface area contributed by atoms with Gasteiger partial charge in [-0.05, 0) is 204 Å². The Morgan fingerprint density at radius 3 is 0.724 bits per heavy atom. The highest BCUT2D eigenvalue weighted by atomic mass is 16.7. The van der Waals surface area contributed by atoms with Crippen molar-refractivity contribution >= 4 is 41.4 Å². The standard InChI is InChI=1S/2C40H70O5.2C4H8.C3H7NO2.C3H6O2.C2H4O2.CH5N.CH4/c2*1-43-20-8-19-39(41)29-37-17-6-15-35(27-37)25-33-13-4-11-31(23-33)9-3-10-32-12-5-14-34(24-32)26-36-16-7-18-38(28-36)30-40(42)45-22-21-44-2;2*1-2-4-3-1;1-3(5)6-4-2;1-3(4)5-2;1-2(3)4;1-2;/h2*31-38H,3-30H2,1-2H3;2*1-4H2;4H,1-2H3;1-2H3;1H3,(H,3,4);2H2,1H3;1H4. The van der Waals surface area contributed by atoms with Gasteiger partial charge in [0.25, 0.3) is 5.97 Å². The number of hydrogen-bond acceptors (Lipinski definition) is 17. The Kier molecular flexibility index (Phi) is 66.4. The van der Waals surface area contributed by atoms with E-state index in [1.54, 1.807) is 28.4 Å². The van der Waals surface area contributed by atoms with Crippen LogP contribution in [0.4, 0.5) is 0 Å². The molecule has 4 N–H and O–H groups in total. The van der Waals surface area contributed by atoms with Crippen molar-refractivity contribution in [1.82, 2.24) is 5.48 Å². The molecule has 0 amide bonds. The minimum atomic E-state index is -0.833. The number of methoxy groups -OCH3 is 5. The number of hydroxylamine groups is 1. The summed E-state index contributed by atoms with van der Waals surface area (Å²) in [5.41, 5.74) is 6.72. The van der Waals surface area contributed by atoms with E-state index in [4.69, 9.17) is 38.3 Å². The van der Waals surface area contributed by atoms with E-state index >= 15 is 0 Å². The number of hydrogen-bond donors (Lipinski definition) is 3. The van der Waals surface area contributed by atoms with Crippen molar-refractivity contribution in [3.63, 3.8) is 0 Å². The van der Waals surface area contributed by atoms with Gasteiger partial charge in [0.1, 0.15) is 24.8 Å². The molecule has 0 aromatic carbocycles. The quantitative estimate of drug-likeness (QED) is 0.0224. The highest BCUT2D eigenvalue weighted by Crippen LogP contribution is 2.47. The topological polar surface area (TPSA) is 252 Å². The molecule has 0 heterocycles. The van der Waals surface area contributed by atoms with Crippen LogP contribution in [0.2, 0.25) is 0 Å². The van der Waals surface area contributed by atoms with E-state index in [9.17, 15) is 28.8 Å². The van der Waals surface area contributed by atoms with Crippen molar-refractivity contribution < 1.29 is 76.7 Å². The average molecular weight is 1640 g/mol. The van der Waals surface area contributed by atoms with Crippen LogP contribution in [0.5, 0.6) is 0 Å². The fourth-order valence-electron chi connectivity index (χ4n) is 21.4. The molecule has 10 rings (SSSR count). The summed E-state index contributed by atoms with van der Waals surface area (Å²) in [6.45, 7) is 6.95. The molecular weight excluding hydrogens is 1460 g/mol. The Morgan fingerprint density at radius 1 is 0.310 bits per heavy atom. The molecule has 16 atom stereocenters. The molecule has 18 heteroatoms. The number of nitrogens with two attached hydrogens (primary N) is 1. The zero-order chi connectivity index (χ0) is 83.9. The second kappa shape index (κ2) is 70.9. The van der Waals surface area contributed by atoms with Gasteiger partial charge >= 0.3 is 23.9 Å². The zero-order valence-corrected chi connectivity index (χ0v) is 75.6. The first-order valence-electron chi connectivity index (χ1n) is 47.7. The Balaban J connectivity index is 0.000000601. The molecule has 16 unspecified atom stereocenters. The first kappa shape index (κ1) is 109. The van der Waals surface area contributed by atoms with Gasteiger partial charge in [-0.3, -0.25) is 33.6 Å². The molecule has 10 saturated carbocycles. The highest BCUT2D eigenvalue weighted by molar-refractivity contribution is 5.79. The summed E-state index contributed by atoms with van der Waals surface area (Å²) in [5, 5.41) is 7.42. The number of carboxylic acid groups (broad SMARTS) is 1. The maximum absolute atomic E-state index is 12.5. The first-order valence-corrected chi connectivity index (χ1v) is 47.7. The Bertz CT molecular complexity index is 2150. The number of carbonyl (C=O) groups excluding carboxylic acids is 6. The van der Waals surface area contributed by atoms with Crippen molar-refractivity contribution in [2.45, 2.75) is 401 Å². The number of esters is 3. The molecule has 10 aliphatic carbocycles. The number of aliphatic carboxylic acids is 1. The van der Waals surface area contributed by atoms with Gasteiger partial charge in [-0.1, -0.05) is 239 Å². The third kappa shape index (κ3) is 56.2. The number of ketones is 2. The predicted octanol–water partition coefficient (Wildman–Crippen LogP) is 23.5. The van der Waals surface area contributed by atoms with E-state index in [0.29, 0.717) is 101 Å². The normalized spacial score (nSPS) is 28.0. The number of rotatable bonds is 39. The van der Waals surface area contributed by atoms with Crippen LogP contribution in [0.1, 0.15) is 401 Å². The molecule has 0 aliphatic heterocycles. The molecule has 18 nitrogen and oxygen atoms in total. The van der Waals surface area contributed by atoms with E-state index in [-0.39, 0.29) is 31.3 Å². The van der Waals surface area contributed by atoms with E-state index in [2.05, 4.69) is 20.8 Å². The molecule has 680 valence electrons. The summed E-state index contributed by atoms with van der Waals surface area (Å²) in [7, 11) is 11.1. The van der Waals surface area contributed by atoms with Crippen molar-refractivity contribution in [2.75, 3.05) is 89.3 Å². The number of ether oxygens (including phenoxy) is 7. The van der Waals surface area contributed by atoms with Gasteiger partial charge in [-0.2, -0.15) is 5.48 Å². The van der Waals surface area contributed by atoms with Crippen LogP contribution in [-0.4, -0.2) is 136 Å². The molecule has 0 spiro atoms. The van der Waals surface area contributed by atoms with Crippen LogP contribution >= 0.6 is 0 Å². The fourth-order valence-corrected chi connectivity index (χ4v) is 21.4. The van der Waals surface area contributed by atoms with Gasteiger partial charge in [0.15, 0.2) is 0 Å². The third-order valence-electron chi connectivity index (χ3n) is 27.4. The fraction of sp³-hybridized carbons (Fsp3) is 0.929. The lowest BCUT2D eigenvalue weighted by Crippen LogP contribution is -2.24. The lowest BCUT2D eigenvalue weighted by molar-refractivity contribution is -0.147. The first-order chi connectivity index (χ1) is 55.8. The second-order valence-electron chi connectivity index (χ2n) is 37.3. The van der Waals surface area contributed by atoms with Crippen LogP contribution in [-0.2, 0) is 71.6 Å². The lowest BCUT2D eigenvalue weighted by atomic mass is 9.70. The number of carbonyl (C=O) groups is 7. The van der Waals surface area contributed by atoms with Gasteiger partial charge < -0.3 is 48.8 Å². The monoisotopic (exact) mass is 1640 g/mol. The molecule has 0 saturated heterocycles. The molecule has 10 aliphatic rings. The molecule has 0 aromatic rings. The van der Waals surface area contributed by atoms with Crippen LogP contribution in [0.25, 0.3) is 0 Å². The molecule has 116 heavy (non-hydrogen) atoms. The molecule has 0 aromatic heterocycles. The van der Waals surface area contributed by atoms with Crippen molar-refractivity contribution in [3.8, 4) is 0 Å². The summed E-state index contributed by atoms with van der Waals surface area (Å²) >= 11 is 0. The van der Waals surface area contributed by atoms with Gasteiger partial charge in [0.05, 0.1) is 20.3 Å². The van der Waals surface area contributed by atoms with Crippen LogP contribution in [0, 0.1) is 94.7 Å². The van der Waals surface area contributed by atoms with Gasteiger partial charge in [-0.15, -0.1) is 0 Å². The van der Waals surface area contributed by atoms with E-state index in [0.717, 1.165) is 104 Å². The summed E-state index contributed by atoms with van der Waals surface area (Å²) in [6.07, 6.45) is 76.6. The number of Topliss-reactive ketones (excluding diaryl/α,β-unsaturated/α-hetero) is 2. The predicted molar refractivity (Wildman–Crippen MR) is 472 cm³/mol. The minimum Gasteiger partial charge on any atom is -0.481 e. The third-order valence-corrected chi connectivity index (χ3v) is 27.4. The van der Waals surface area contributed by atoms with Gasteiger partial charge in [-0.25, -0.2) is 0 Å².